The normalized spacial score (nSPS) is 16.5. The predicted octanol–water partition coefficient (Wildman–Crippen LogP) is 3.06. The second-order valence-electron chi connectivity index (χ2n) is 5.14. The van der Waals surface area contributed by atoms with E-state index in [0.717, 1.165) is 24.2 Å². The minimum atomic E-state index is -0.0321. The van der Waals surface area contributed by atoms with Crippen molar-refractivity contribution in [2.45, 2.75) is 23.1 Å². The van der Waals surface area contributed by atoms with E-state index in [4.69, 9.17) is 0 Å². The van der Waals surface area contributed by atoms with E-state index in [0.29, 0.717) is 0 Å². The number of carbonyl (C=O) groups is 1. The number of nitrogens with one attached hydrogen (secondary N) is 2. The summed E-state index contributed by atoms with van der Waals surface area (Å²) in [4.78, 5) is 13.6. The number of fused-ring (bicyclic) bond motifs is 1. The molecular formula is C17H18N2OS. The first kappa shape index (κ1) is 14.2. The largest absolute Gasteiger partial charge is 0.325 e. The molecule has 1 amide bonds. The monoisotopic (exact) mass is 298 g/mol. The molecule has 1 unspecified atom stereocenters. The Kier molecular flexibility index (Phi) is 4.27. The fourth-order valence-electron chi connectivity index (χ4n) is 2.51. The van der Waals surface area contributed by atoms with Crippen molar-refractivity contribution in [2.75, 3.05) is 12.4 Å². The first-order valence-electron chi connectivity index (χ1n) is 7.05. The lowest BCUT2D eigenvalue weighted by molar-refractivity contribution is -0.115. The van der Waals surface area contributed by atoms with Crippen molar-refractivity contribution in [2.24, 2.45) is 0 Å². The molecule has 21 heavy (non-hydrogen) atoms. The molecule has 0 bridgehead atoms. The van der Waals surface area contributed by atoms with Gasteiger partial charge in [0.05, 0.1) is 5.25 Å². The third-order valence-electron chi connectivity index (χ3n) is 3.51. The van der Waals surface area contributed by atoms with Crippen LogP contribution in [0.4, 0.5) is 5.69 Å². The zero-order valence-electron chi connectivity index (χ0n) is 11.9. The highest BCUT2D eigenvalue weighted by Gasteiger charge is 2.27. The fraction of sp³-hybridized carbons (Fsp3) is 0.235. The second-order valence-corrected chi connectivity index (χ2v) is 6.38. The molecule has 1 aliphatic heterocycles. The summed E-state index contributed by atoms with van der Waals surface area (Å²) >= 11 is 1.65. The summed E-state index contributed by atoms with van der Waals surface area (Å²) < 4.78 is 0. The van der Waals surface area contributed by atoms with Gasteiger partial charge < -0.3 is 10.6 Å². The molecule has 3 rings (SSSR count). The van der Waals surface area contributed by atoms with Gasteiger partial charge in [0.25, 0.3) is 0 Å². The highest BCUT2D eigenvalue weighted by atomic mass is 32.2. The maximum atomic E-state index is 12.4. The Morgan fingerprint density at radius 3 is 2.90 bits per heavy atom. The third kappa shape index (κ3) is 3.28. The zero-order valence-corrected chi connectivity index (χ0v) is 12.7. The van der Waals surface area contributed by atoms with Crippen LogP contribution in [0.3, 0.4) is 0 Å². The van der Waals surface area contributed by atoms with Crippen molar-refractivity contribution in [3.63, 3.8) is 0 Å². The molecule has 0 saturated carbocycles. The Morgan fingerprint density at radius 2 is 2.10 bits per heavy atom. The van der Waals surface area contributed by atoms with Crippen molar-refractivity contribution >= 4 is 23.4 Å². The molecule has 0 saturated heterocycles. The molecule has 1 aliphatic rings. The van der Waals surface area contributed by atoms with Crippen LogP contribution in [0.15, 0.2) is 53.4 Å². The third-order valence-corrected chi connectivity index (χ3v) is 4.83. The standard InChI is InChI=1S/C17H18N2OS/c1-18-11-12-5-4-7-14(9-12)19-17(20)16-10-13-6-2-3-8-15(13)21-16/h2-9,16,18H,10-11H2,1H3,(H,19,20). The average molecular weight is 298 g/mol. The summed E-state index contributed by atoms with van der Waals surface area (Å²) in [5, 5.41) is 6.11. The van der Waals surface area contributed by atoms with Gasteiger partial charge in [0.1, 0.15) is 0 Å². The van der Waals surface area contributed by atoms with E-state index in [1.807, 2.05) is 43.4 Å². The summed E-state index contributed by atoms with van der Waals surface area (Å²) in [7, 11) is 1.91. The van der Waals surface area contributed by atoms with Gasteiger partial charge in [-0.1, -0.05) is 30.3 Å². The lowest BCUT2D eigenvalue weighted by Crippen LogP contribution is -2.24. The van der Waals surface area contributed by atoms with Crippen LogP contribution in [0.2, 0.25) is 0 Å². The van der Waals surface area contributed by atoms with Crippen LogP contribution in [0.5, 0.6) is 0 Å². The van der Waals surface area contributed by atoms with E-state index in [9.17, 15) is 4.79 Å². The molecule has 3 nitrogen and oxygen atoms in total. The lowest BCUT2D eigenvalue weighted by atomic mass is 10.1. The molecule has 0 aliphatic carbocycles. The Bertz CT molecular complexity index is 632. The molecule has 0 fully saturated rings. The minimum Gasteiger partial charge on any atom is -0.325 e. The van der Waals surface area contributed by atoms with Crippen molar-refractivity contribution in [1.82, 2.24) is 5.32 Å². The summed E-state index contributed by atoms with van der Waals surface area (Å²) in [5.74, 6) is 0.0813. The van der Waals surface area contributed by atoms with Gasteiger partial charge in [-0.2, -0.15) is 0 Å². The molecule has 1 heterocycles. The van der Waals surface area contributed by atoms with E-state index < -0.39 is 0 Å². The average Bonchev–Trinajstić information content (AvgIpc) is 2.92. The molecule has 0 aromatic heterocycles. The smallest absolute Gasteiger partial charge is 0.238 e. The second kappa shape index (κ2) is 6.33. The van der Waals surface area contributed by atoms with E-state index in [-0.39, 0.29) is 11.2 Å². The highest BCUT2D eigenvalue weighted by molar-refractivity contribution is 8.01. The predicted molar refractivity (Wildman–Crippen MR) is 87.6 cm³/mol. The number of rotatable bonds is 4. The molecule has 4 heteroatoms. The summed E-state index contributed by atoms with van der Waals surface area (Å²) in [6, 6.07) is 16.2. The van der Waals surface area contributed by atoms with Crippen LogP contribution in [0.25, 0.3) is 0 Å². The van der Waals surface area contributed by atoms with Gasteiger partial charge in [-0.25, -0.2) is 0 Å². The SMILES string of the molecule is CNCc1cccc(NC(=O)C2Cc3ccccc3S2)c1. The van der Waals surface area contributed by atoms with E-state index >= 15 is 0 Å². The van der Waals surface area contributed by atoms with Crippen LogP contribution in [0.1, 0.15) is 11.1 Å². The summed E-state index contributed by atoms with van der Waals surface area (Å²) in [6.07, 6.45) is 0.808. The fourth-order valence-corrected chi connectivity index (χ4v) is 3.71. The van der Waals surface area contributed by atoms with Crippen molar-refractivity contribution < 1.29 is 4.79 Å². The Morgan fingerprint density at radius 1 is 1.24 bits per heavy atom. The van der Waals surface area contributed by atoms with Crippen molar-refractivity contribution in [3.05, 3.63) is 59.7 Å². The number of carbonyl (C=O) groups excluding carboxylic acids is 1. The van der Waals surface area contributed by atoms with Crippen LogP contribution < -0.4 is 10.6 Å². The van der Waals surface area contributed by atoms with Gasteiger partial charge in [-0.3, -0.25) is 4.79 Å². The molecule has 0 radical (unpaired) electrons. The topological polar surface area (TPSA) is 41.1 Å². The molecule has 0 spiro atoms. The number of anilines is 1. The van der Waals surface area contributed by atoms with Gasteiger partial charge in [-0.05, 0) is 42.8 Å². The summed E-state index contributed by atoms with van der Waals surface area (Å²) in [5.41, 5.74) is 3.30. The van der Waals surface area contributed by atoms with Crippen LogP contribution in [-0.2, 0) is 17.8 Å². The maximum absolute atomic E-state index is 12.4. The Hall–Kier alpha value is -1.78. The lowest BCUT2D eigenvalue weighted by Gasteiger charge is -2.11. The van der Waals surface area contributed by atoms with Gasteiger partial charge >= 0.3 is 0 Å². The Balaban J connectivity index is 1.66. The first-order chi connectivity index (χ1) is 10.3. The first-order valence-corrected chi connectivity index (χ1v) is 7.93. The van der Waals surface area contributed by atoms with Gasteiger partial charge in [0.2, 0.25) is 5.91 Å². The number of thioether (sulfide) groups is 1. The molecular weight excluding hydrogens is 280 g/mol. The quantitative estimate of drug-likeness (QED) is 0.911. The van der Waals surface area contributed by atoms with Gasteiger partial charge in [0, 0.05) is 17.1 Å². The number of hydrogen-bond acceptors (Lipinski definition) is 3. The van der Waals surface area contributed by atoms with E-state index in [2.05, 4.69) is 22.8 Å². The number of benzene rings is 2. The Labute approximate surface area is 129 Å². The highest BCUT2D eigenvalue weighted by Crippen LogP contribution is 2.37. The maximum Gasteiger partial charge on any atom is 0.238 e. The number of amides is 1. The number of hydrogen-bond donors (Lipinski definition) is 2. The van der Waals surface area contributed by atoms with Crippen LogP contribution >= 0.6 is 11.8 Å². The van der Waals surface area contributed by atoms with Crippen LogP contribution in [0, 0.1) is 0 Å². The molecule has 2 aromatic rings. The van der Waals surface area contributed by atoms with E-state index in [1.54, 1.807) is 11.8 Å². The zero-order chi connectivity index (χ0) is 14.7. The van der Waals surface area contributed by atoms with Gasteiger partial charge in [0.15, 0.2) is 0 Å². The molecule has 108 valence electrons. The minimum absolute atomic E-state index is 0.0321. The van der Waals surface area contributed by atoms with Crippen LogP contribution in [-0.4, -0.2) is 18.2 Å². The van der Waals surface area contributed by atoms with E-state index in [1.165, 1.54) is 10.5 Å². The molecule has 1 atom stereocenters. The molecule has 2 N–H and O–H groups in total. The summed E-state index contributed by atoms with van der Waals surface area (Å²) in [6.45, 7) is 0.799. The van der Waals surface area contributed by atoms with Gasteiger partial charge in [-0.15, -0.1) is 11.8 Å². The molecule has 2 aromatic carbocycles. The van der Waals surface area contributed by atoms with Crippen molar-refractivity contribution in [1.29, 1.82) is 0 Å². The van der Waals surface area contributed by atoms with Crippen molar-refractivity contribution in [3.8, 4) is 0 Å².